The SMILES string of the molecule is CC1CN(C2[C@H](C)n3cc(C(=O)O)c(=O)c4cc(F)cc(c43)N2C)CCN1. The Morgan fingerprint density at radius 3 is 2.74 bits per heavy atom. The van der Waals surface area contributed by atoms with Gasteiger partial charge in [-0.25, -0.2) is 9.18 Å². The first-order valence-corrected chi connectivity index (χ1v) is 9.11. The molecule has 0 saturated carbocycles. The molecule has 2 aliphatic rings. The number of anilines is 1. The second kappa shape index (κ2) is 6.31. The second-order valence-corrected chi connectivity index (χ2v) is 7.52. The third kappa shape index (κ3) is 2.71. The predicted molar refractivity (Wildman–Crippen MR) is 101 cm³/mol. The second-order valence-electron chi connectivity index (χ2n) is 7.52. The zero-order valence-corrected chi connectivity index (χ0v) is 15.6. The normalized spacial score (nSPS) is 25.8. The van der Waals surface area contributed by atoms with E-state index >= 15 is 0 Å². The molecule has 0 radical (unpaired) electrons. The highest BCUT2D eigenvalue weighted by molar-refractivity contribution is 5.97. The standard InChI is InChI=1S/C19H23FN4O3/c1-10-8-23(5-4-21-10)18-11(2)24-9-14(19(26)27)17(25)13-6-12(20)7-15(16(13)24)22(18)3/h6-7,9-11,18,21H,4-5,8H2,1-3H3,(H,26,27)/t10?,11-,18?/m0/s1. The van der Waals surface area contributed by atoms with Crippen LogP contribution in [0.3, 0.4) is 0 Å². The van der Waals surface area contributed by atoms with Gasteiger partial charge < -0.3 is 19.9 Å². The van der Waals surface area contributed by atoms with Crippen molar-refractivity contribution in [3.05, 3.63) is 39.9 Å². The van der Waals surface area contributed by atoms with Crippen LogP contribution in [0, 0.1) is 5.82 Å². The van der Waals surface area contributed by atoms with Crippen molar-refractivity contribution in [2.45, 2.75) is 32.1 Å². The summed E-state index contributed by atoms with van der Waals surface area (Å²) in [5.41, 5.74) is 0.210. The summed E-state index contributed by atoms with van der Waals surface area (Å²) in [6.45, 7) is 6.65. The minimum absolute atomic E-state index is 0.0730. The van der Waals surface area contributed by atoms with E-state index in [0.717, 1.165) is 25.7 Å². The molecule has 4 rings (SSSR count). The summed E-state index contributed by atoms with van der Waals surface area (Å²) in [5, 5.41) is 13.0. The van der Waals surface area contributed by atoms with E-state index in [1.54, 1.807) is 0 Å². The average Bonchev–Trinajstić information content (AvgIpc) is 2.60. The fourth-order valence-electron chi connectivity index (χ4n) is 4.54. The first-order chi connectivity index (χ1) is 12.8. The molecule has 2 unspecified atom stereocenters. The van der Waals surface area contributed by atoms with E-state index in [1.807, 2.05) is 23.4 Å². The molecule has 0 spiro atoms. The van der Waals surface area contributed by atoms with Crippen molar-refractivity contribution in [2.75, 3.05) is 31.6 Å². The Labute approximate surface area is 156 Å². The van der Waals surface area contributed by atoms with Crippen molar-refractivity contribution in [1.29, 1.82) is 0 Å². The van der Waals surface area contributed by atoms with Crippen LogP contribution in [0.25, 0.3) is 10.9 Å². The summed E-state index contributed by atoms with van der Waals surface area (Å²) in [5.74, 6) is -1.84. The lowest BCUT2D eigenvalue weighted by Gasteiger charge is -2.49. The summed E-state index contributed by atoms with van der Waals surface area (Å²) in [7, 11) is 1.90. The number of pyridine rings is 1. The number of halogens is 1. The number of rotatable bonds is 2. The van der Waals surface area contributed by atoms with Crippen LogP contribution in [0.15, 0.2) is 23.1 Å². The van der Waals surface area contributed by atoms with Crippen LogP contribution in [-0.4, -0.2) is 59.4 Å². The molecule has 1 aromatic carbocycles. The molecular formula is C19H23FN4O3. The van der Waals surface area contributed by atoms with Crippen LogP contribution in [-0.2, 0) is 0 Å². The molecule has 7 nitrogen and oxygen atoms in total. The molecule has 1 aromatic heterocycles. The van der Waals surface area contributed by atoms with Crippen LogP contribution in [0.2, 0.25) is 0 Å². The Kier molecular flexibility index (Phi) is 4.20. The number of aromatic nitrogens is 1. The number of hydrogen-bond donors (Lipinski definition) is 2. The Morgan fingerprint density at radius 2 is 2.07 bits per heavy atom. The zero-order valence-electron chi connectivity index (χ0n) is 15.6. The fourth-order valence-corrected chi connectivity index (χ4v) is 4.54. The van der Waals surface area contributed by atoms with Crippen molar-refractivity contribution in [1.82, 2.24) is 14.8 Å². The first-order valence-electron chi connectivity index (χ1n) is 9.11. The molecule has 2 aromatic rings. The summed E-state index contributed by atoms with van der Waals surface area (Å²) in [4.78, 5) is 28.5. The Hall–Kier alpha value is -2.45. The number of aromatic carboxylic acids is 1. The van der Waals surface area contributed by atoms with Crippen LogP contribution in [0.5, 0.6) is 0 Å². The molecule has 2 aliphatic heterocycles. The summed E-state index contributed by atoms with van der Waals surface area (Å²) < 4.78 is 16.1. The van der Waals surface area contributed by atoms with Gasteiger partial charge in [-0.15, -0.1) is 0 Å². The smallest absolute Gasteiger partial charge is 0.341 e. The van der Waals surface area contributed by atoms with Gasteiger partial charge in [0.2, 0.25) is 5.43 Å². The van der Waals surface area contributed by atoms with Crippen LogP contribution in [0.1, 0.15) is 30.2 Å². The van der Waals surface area contributed by atoms with Crippen LogP contribution >= 0.6 is 0 Å². The quantitative estimate of drug-likeness (QED) is 0.829. The molecule has 0 amide bonds. The van der Waals surface area contributed by atoms with E-state index in [0.29, 0.717) is 17.2 Å². The maximum absolute atomic E-state index is 14.3. The summed E-state index contributed by atoms with van der Waals surface area (Å²) >= 11 is 0. The molecule has 27 heavy (non-hydrogen) atoms. The Bertz CT molecular complexity index is 989. The zero-order chi connectivity index (χ0) is 19.5. The molecule has 8 heteroatoms. The Balaban J connectivity index is 1.95. The summed E-state index contributed by atoms with van der Waals surface area (Å²) in [6.07, 6.45) is 1.33. The molecule has 1 saturated heterocycles. The summed E-state index contributed by atoms with van der Waals surface area (Å²) in [6, 6.07) is 2.78. The molecule has 0 aliphatic carbocycles. The number of piperazine rings is 1. The third-order valence-electron chi connectivity index (χ3n) is 5.72. The van der Waals surface area contributed by atoms with E-state index in [9.17, 15) is 19.1 Å². The number of nitrogens with zero attached hydrogens (tertiary/aromatic N) is 3. The minimum atomic E-state index is -1.30. The van der Waals surface area contributed by atoms with Gasteiger partial charge in [0.05, 0.1) is 22.6 Å². The van der Waals surface area contributed by atoms with Gasteiger partial charge in [0, 0.05) is 38.9 Å². The number of benzene rings is 1. The highest BCUT2D eigenvalue weighted by Crippen LogP contribution is 2.38. The highest BCUT2D eigenvalue weighted by atomic mass is 19.1. The molecule has 3 heterocycles. The van der Waals surface area contributed by atoms with E-state index in [-0.39, 0.29) is 23.2 Å². The van der Waals surface area contributed by atoms with Crippen LogP contribution in [0.4, 0.5) is 10.1 Å². The van der Waals surface area contributed by atoms with E-state index < -0.39 is 17.2 Å². The third-order valence-corrected chi connectivity index (χ3v) is 5.72. The molecule has 144 valence electrons. The maximum Gasteiger partial charge on any atom is 0.341 e. The number of hydrogen-bond acceptors (Lipinski definition) is 5. The van der Waals surface area contributed by atoms with Crippen LogP contribution < -0.4 is 15.6 Å². The Morgan fingerprint density at radius 1 is 1.33 bits per heavy atom. The lowest BCUT2D eigenvalue weighted by molar-refractivity contribution is 0.0693. The van der Waals surface area contributed by atoms with Gasteiger partial charge in [0.1, 0.15) is 17.5 Å². The lowest BCUT2D eigenvalue weighted by Crippen LogP contribution is -2.60. The number of carbonyl (C=O) groups is 1. The average molecular weight is 374 g/mol. The highest BCUT2D eigenvalue weighted by Gasteiger charge is 2.37. The fraction of sp³-hybridized carbons (Fsp3) is 0.474. The van der Waals surface area contributed by atoms with Crippen molar-refractivity contribution in [2.24, 2.45) is 0 Å². The van der Waals surface area contributed by atoms with Gasteiger partial charge in [-0.1, -0.05) is 0 Å². The minimum Gasteiger partial charge on any atom is -0.477 e. The van der Waals surface area contributed by atoms with Crippen molar-refractivity contribution in [3.8, 4) is 0 Å². The van der Waals surface area contributed by atoms with Gasteiger partial charge in [-0.05, 0) is 26.0 Å². The monoisotopic (exact) mass is 374 g/mol. The van der Waals surface area contributed by atoms with Gasteiger partial charge in [-0.3, -0.25) is 9.69 Å². The van der Waals surface area contributed by atoms with E-state index in [4.69, 9.17) is 0 Å². The van der Waals surface area contributed by atoms with E-state index in [1.165, 1.54) is 12.3 Å². The van der Waals surface area contributed by atoms with Gasteiger partial charge in [-0.2, -0.15) is 0 Å². The van der Waals surface area contributed by atoms with Gasteiger partial charge >= 0.3 is 5.97 Å². The molecular weight excluding hydrogens is 351 g/mol. The van der Waals surface area contributed by atoms with Crippen molar-refractivity contribution in [3.63, 3.8) is 0 Å². The maximum atomic E-state index is 14.3. The van der Waals surface area contributed by atoms with E-state index in [2.05, 4.69) is 17.1 Å². The molecule has 3 atom stereocenters. The van der Waals surface area contributed by atoms with Gasteiger partial charge in [0.25, 0.3) is 0 Å². The van der Waals surface area contributed by atoms with Crippen molar-refractivity contribution >= 4 is 22.6 Å². The number of carboxylic acid groups (broad SMARTS) is 1. The molecule has 2 N–H and O–H groups in total. The van der Waals surface area contributed by atoms with Crippen molar-refractivity contribution < 1.29 is 14.3 Å². The lowest BCUT2D eigenvalue weighted by atomic mass is 10.0. The number of nitrogens with one attached hydrogen (secondary N) is 1. The topological polar surface area (TPSA) is 77.8 Å². The van der Waals surface area contributed by atoms with Gasteiger partial charge in [0.15, 0.2) is 0 Å². The largest absolute Gasteiger partial charge is 0.477 e. The predicted octanol–water partition coefficient (Wildman–Crippen LogP) is 1.47. The number of carboxylic acids is 1. The first kappa shape index (κ1) is 17.9. The number of likely N-dealkylation sites (N-methyl/N-ethyl adjacent to an activating group) is 1. The molecule has 0 bridgehead atoms. The molecule has 1 fully saturated rings.